The van der Waals surface area contributed by atoms with Crippen LogP contribution < -0.4 is 0 Å². The largest absolute Gasteiger partial charge is 0.329 e. The second kappa shape index (κ2) is 19.4. The molecule has 0 saturated heterocycles. The first-order chi connectivity index (χ1) is 10.8. The Morgan fingerprint density at radius 3 is 1.41 bits per heavy atom. The smallest absolute Gasteiger partial charge is 0.328 e. The molecule has 0 aliphatic rings. The Hall–Kier alpha value is 0.310. The van der Waals surface area contributed by atoms with Crippen molar-refractivity contribution in [3.8, 4) is 0 Å². The van der Waals surface area contributed by atoms with E-state index < -0.39 is 8.60 Å². The van der Waals surface area contributed by atoms with E-state index in [4.69, 9.17) is 9.05 Å². The zero-order valence-corrected chi connectivity index (χ0v) is 15.9. The van der Waals surface area contributed by atoms with E-state index in [-0.39, 0.29) is 0 Å². The van der Waals surface area contributed by atoms with Gasteiger partial charge in [0.15, 0.2) is 0 Å². The van der Waals surface area contributed by atoms with Crippen molar-refractivity contribution in [2.45, 2.75) is 104 Å². The van der Waals surface area contributed by atoms with Crippen LogP contribution in [0.4, 0.5) is 0 Å². The quantitative estimate of drug-likeness (QED) is 0.223. The van der Waals surface area contributed by atoms with Crippen LogP contribution in [-0.2, 0) is 9.05 Å². The molecule has 1 unspecified atom stereocenters. The highest BCUT2D eigenvalue weighted by Gasteiger charge is 2.03. The van der Waals surface area contributed by atoms with Crippen molar-refractivity contribution in [3.63, 3.8) is 0 Å². The number of hydrogen-bond acceptors (Lipinski definition) is 3. The molecule has 134 valence electrons. The van der Waals surface area contributed by atoms with Gasteiger partial charge in [-0.05, 0) is 13.3 Å². The maximum absolute atomic E-state index is 9.27. The summed E-state index contributed by atoms with van der Waals surface area (Å²) >= 11 is 0. The fourth-order valence-electron chi connectivity index (χ4n) is 2.59. The van der Waals surface area contributed by atoms with Crippen LogP contribution in [0.5, 0.6) is 0 Å². The predicted octanol–water partition coefficient (Wildman–Crippen LogP) is 6.74. The molecule has 0 aromatic rings. The molecule has 0 aliphatic carbocycles. The Morgan fingerprint density at radius 2 is 1.00 bits per heavy atom. The Morgan fingerprint density at radius 1 is 0.591 bits per heavy atom. The van der Waals surface area contributed by atoms with Crippen LogP contribution in [0.1, 0.15) is 104 Å². The Balaban J connectivity index is 3.00. The van der Waals surface area contributed by atoms with Gasteiger partial charge < -0.3 is 13.9 Å². The third kappa shape index (κ3) is 18.4. The SMILES string of the molecule is CCCCCCCCCCCCCCCCOP(O)OCC. The molecular weight excluding hydrogens is 295 g/mol. The van der Waals surface area contributed by atoms with Crippen molar-refractivity contribution >= 4 is 8.60 Å². The minimum Gasteiger partial charge on any atom is -0.328 e. The van der Waals surface area contributed by atoms with Gasteiger partial charge in [0, 0.05) is 0 Å². The summed E-state index contributed by atoms with van der Waals surface area (Å²) in [5, 5.41) is 0. The molecule has 0 rings (SSSR count). The number of rotatable bonds is 18. The van der Waals surface area contributed by atoms with Crippen molar-refractivity contribution in [2.75, 3.05) is 13.2 Å². The average molecular weight is 334 g/mol. The van der Waals surface area contributed by atoms with Crippen LogP contribution in [0.25, 0.3) is 0 Å². The standard InChI is InChI=1S/C18H39O3P/c1-3-5-6-7-8-9-10-11-12-13-14-15-16-17-18-21-22(19)20-4-2/h19H,3-18H2,1-2H3. The van der Waals surface area contributed by atoms with E-state index in [2.05, 4.69) is 6.92 Å². The van der Waals surface area contributed by atoms with Gasteiger partial charge in [-0.25, -0.2) is 0 Å². The topological polar surface area (TPSA) is 38.7 Å². The first-order valence-electron chi connectivity index (χ1n) is 9.56. The maximum Gasteiger partial charge on any atom is 0.329 e. The van der Waals surface area contributed by atoms with Crippen molar-refractivity contribution in [2.24, 2.45) is 0 Å². The van der Waals surface area contributed by atoms with Crippen LogP contribution in [-0.4, -0.2) is 18.1 Å². The van der Waals surface area contributed by atoms with E-state index >= 15 is 0 Å². The summed E-state index contributed by atoms with van der Waals surface area (Å²) in [6.45, 7) is 5.28. The molecule has 0 radical (unpaired) electrons. The normalized spacial score (nSPS) is 12.7. The molecule has 0 heterocycles. The van der Waals surface area contributed by atoms with Gasteiger partial charge in [-0.2, -0.15) is 0 Å². The number of unbranched alkanes of at least 4 members (excludes halogenated alkanes) is 13. The van der Waals surface area contributed by atoms with Gasteiger partial charge in [0.25, 0.3) is 0 Å². The average Bonchev–Trinajstić information content (AvgIpc) is 2.51. The molecule has 1 N–H and O–H groups in total. The highest BCUT2D eigenvalue weighted by molar-refractivity contribution is 7.40. The van der Waals surface area contributed by atoms with Gasteiger partial charge in [-0.3, -0.25) is 0 Å². The Kier molecular flexibility index (Phi) is 19.6. The van der Waals surface area contributed by atoms with Gasteiger partial charge in [0.2, 0.25) is 0 Å². The molecule has 1 atom stereocenters. The lowest BCUT2D eigenvalue weighted by molar-refractivity contribution is 0.204. The highest BCUT2D eigenvalue weighted by Crippen LogP contribution is 2.32. The minimum atomic E-state index is -1.62. The van der Waals surface area contributed by atoms with Gasteiger partial charge in [-0.15, -0.1) is 0 Å². The van der Waals surface area contributed by atoms with E-state index in [1.54, 1.807) is 0 Å². The van der Waals surface area contributed by atoms with Crippen molar-refractivity contribution in [3.05, 3.63) is 0 Å². The van der Waals surface area contributed by atoms with E-state index in [0.717, 1.165) is 6.42 Å². The highest BCUT2D eigenvalue weighted by atomic mass is 31.2. The van der Waals surface area contributed by atoms with E-state index in [1.807, 2.05) is 6.92 Å². The lowest BCUT2D eigenvalue weighted by Gasteiger charge is -2.08. The molecule has 0 spiro atoms. The molecule has 0 amide bonds. The van der Waals surface area contributed by atoms with E-state index in [0.29, 0.717) is 13.2 Å². The Labute approximate surface area is 140 Å². The van der Waals surface area contributed by atoms with E-state index in [1.165, 1.54) is 83.5 Å². The molecule has 0 aliphatic heterocycles. The second-order valence-electron chi connectivity index (χ2n) is 6.09. The molecular formula is C18H39O3P. The molecule has 0 saturated carbocycles. The van der Waals surface area contributed by atoms with Crippen LogP contribution >= 0.6 is 8.60 Å². The van der Waals surface area contributed by atoms with Crippen molar-refractivity contribution in [1.82, 2.24) is 0 Å². The molecule has 4 heteroatoms. The summed E-state index contributed by atoms with van der Waals surface area (Å²) in [6, 6.07) is 0. The van der Waals surface area contributed by atoms with Crippen LogP contribution in [0.15, 0.2) is 0 Å². The minimum absolute atomic E-state index is 0.515. The zero-order valence-electron chi connectivity index (χ0n) is 15.0. The summed E-state index contributed by atoms with van der Waals surface area (Å²) in [4.78, 5) is 9.27. The summed E-state index contributed by atoms with van der Waals surface area (Å²) in [5.41, 5.74) is 0. The lowest BCUT2D eigenvalue weighted by Crippen LogP contribution is -1.93. The first-order valence-corrected chi connectivity index (χ1v) is 10.7. The van der Waals surface area contributed by atoms with Crippen LogP contribution in [0.3, 0.4) is 0 Å². The molecule has 0 aromatic carbocycles. The molecule has 0 fully saturated rings. The van der Waals surface area contributed by atoms with Gasteiger partial charge >= 0.3 is 8.60 Å². The fourth-order valence-corrected chi connectivity index (χ4v) is 3.17. The van der Waals surface area contributed by atoms with Crippen molar-refractivity contribution < 1.29 is 13.9 Å². The Bertz CT molecular complexity index is 203. The van der Waals surface area contributed by atoms with Crippen molar-refractivity contribution in [1.29, 1.82) is 0 Å². The molecule has 0 aromatic heterocycles. The zero-order chi connectivity index (χ0) is 16.3. The number of hydrogen-bond donors (Lipinski definition) is 1. The molecule has 0 bridgehead atoms. The molecule has 3 nitrogen and oxygen atoms in total. The predicted molar refractivity (Wildman–Crippen MR) is 97.0 cm³/mol. The van der Waals surface area contributed by atoms with E-state index in [9.17, 15) is 4.89 Å². The van der Waals surface area contributed by atoms with Gasteiger partial charge in [0.1, 0.15) is 0 Å². The van der Waals surface area contributed by atoms with Crippen LogP contribution in [0.2, 0.25) is 0 Å². The summed E-state index contributed by atoms with van der Waals surface area (Å²) < 4.78 is 10.1. The van der Waals surface area contributed by atoms with Gasteiger partial charge in [-0.1, -0.05) is 90.4 Å². The fraction of sp³-hybridized carbons (Fsp3) is 1.00. The summed E-state index contributed by atoms with van der Waals surface area (Å²) in [6.07, 6.45) is 19.0. The summed E-state index contributed by atoms with van der Waals surface area (Å²) in [7, 11) is -1.62. The van der Waals surface area contributed by atoms with Gasteiger partial charge in [0.05, 0.1) is 13.2 Å². The lowest BCUT2D eigenvalue weighted by atomic mass is 10.0. The third-order valence-corrected chi connectivity index (χ3v) is 4.82. The third-order valence-electron chi connectivity index (χ3n) is 3.94. The summed E-state index contributed by atoms with van der Waals surface area (Å²) in [5.74, 6) is 0. The van der Waals surface area contributed by atoms with Crippen LogP contribution in [0, 0.1) is 0 Å². The molecule has 22 heavy (non-hydrogen) atoms. The second-order valence-corrected chi connectivity index (χ2v) is 7.08. The first kappa shape index (κ1) is 22.3. The maximum atomic E-state index is 9.27. The monoisotopic (exact) mass is 334 g/mol.